The zero-order chi connectivity index (χ0) is 14.8. The van der Waals surface area contributed by atoms with Gasteiger partial charge in [-0.25, -0.2) is 8.78 Å². The second-order valence-electron chi connectivity index (χ2n) is 5.74. The third-order valence-corrected chi connectivity index (χ3v) is 5.26. The van der Waals surface area contributed by atoms with Gasteiger partial charge in [-0.15, -0.1) is 11.3 Å². The molecule has 1 aromatic carbocycles. The van der Waals surface area contributed by atoms with Crippen molar-refractivity contribution < 1.29 is 8.78 Å². The molecule has 1 nitrogen and oxygen atoms in total. The first-order valence-corrected chi connectivity index (χ1v) is 8.29. The maximum absolute atomic E-state index is 14.3. The molecule has 1 aliphatic carbocycles. The van der Waals surface area contributed by atoms with Crippen LogP contribution >= 0.6 is 11.3 Å². The first-order valence-electron chi connectivity index (χ1n) is 7.41. The van der Waals surface area contributed by atoms with Crippen LogP contribution in [-0.2, 0) is 0 Å². The summed E-state index contributed by atoms with van der Waals surface area (Å²) in [5.41, 5.74) is 0.482. The zero-order valence-electron chi connectivity index (χ0n) is 12.0. The highest BCUT2D eigenvalue weighted by atomic mass is 32.1. The highest BCUT2D eigenvalue weighted by Crippen LogP contribution is 2.40. The van der Waals surface area contributed by atoms with Gasteiger partial charge >= 0.3 is 0 Å². The number of nitrogens with one attached hydrogen (secondary N) is 1. The molecular formula is C17H19F2NS. The Hall–Kier alpha value is -1.42. The van der Waals surface area contributed by atoms with Crippen LogP contribution in [0.25, 0.3) is 0 Å². The Labute approximate surface area is 128 Å². The van der Waals surface area contributed by atoms with E-state index in [-0.39, 0.29) is 11.7 Å². The van der Waals surface area contributed by atoms with E-state index in [9.17, 15) is 8.78 Å². The maximum Gasteiger partial charge on any atom is 0.152 e. The molecule has 21 heavy (non-hydrogen) atoms. The van der Waals surface area contributed by atoms with Gasteiger partial charge in [0.15, 0.2) is 5.82 Å². The van der Waals surface area contributed by atoms with Gasteiger partial charge in [-0.1, -0.05) is 25.0 Å². The summed E-state index contributed by atoms with van der Waals surface area (Å²) in [5, 5.41) is 5.18. The molecule has 1 N–H and O–H groups in total. The van der Waals surface area contributed by atoms with Gasteiger partial charge in [0.2, 0.25) is 0 Å². The van der Waals surface area contributed by atoms with Crippen LogP contribution in [0.3, 0.4) is 0 Å². The molecule has 0 amide bonds. The van der Waals surface area contributed by atoms with Crippen molar-refractivity contribution in [1.29, 1.82) is 0 Å². The fourth-order valence-corrected chi connectivity index (χ4v) is 3.99. The van der Waals surface area contributed by atoms with Crippen LogP contribution in [-0.4, -0.2) is 0 Å². The highest BCUT2D eigenvalue weighted by molar-refractivity contribution is 7.10. The van der Waals surface area contributed by atoms with Gasteiger partial charge in [0.05, 0.1) is 6.04 Å². The van der Waals surface area contributed by atoms with E-state index in [1.165, 1.54) is 25.0 Å². The number of hydrogen-bond acceptors (Lipinski definition) is 2. The predicted octanol–water partition coefficient (Wildman–Crippen LogP) is 5.68. The molecule has 3 rings (SSSR count). The van der Waals surface area contributed by atoms with Crippen LogP contribution in [0.5, 0.6) is 0 Å². The Morgan fingerprint density at radius 2 is 1.95 bits per heavy atom. The number of halogens is 2. The van der Waals surface area contributed by atoms with E-state index in [0.717, 1.165) is 17.7 Å². The molecule has 1 aliphatic rings. The van der Waals surface area contributed by atoms with Crippen LogP contribution in [0.4, 0.5) is 14.5 Å². The largest absolute Gasteiger partial charge is 0.372 e. The molecular weight excluding hydrogens is 288 g/mol. The normalized spacial score (nSPS) is 17.1. The number of thiophene rings is 1. The van der Waals surface area contributed by atoms with Crippen molar-refractivity contribution in [3.63, 3.8) is 0 Å². The average molecular weight is 307 g/mol. The van der Waals surface area contributed by atoms with E-state index >= 15 is 0 Å². The third kappa shape index (κ3) is 2.95. The van der Waals surface area contributed by atoms with Crippen LogP contribution < -0.4 is 5.32 Å². The fourth-order valence-electron chi connectivity index (χ4n) is 3.12. The summed E-state index contributed by atoms with van der Waals surface area (Å²) in [7, 11) is 0. The first kappa shape index (κ1) is 14.5. The molecule has 0 aliphatic heterocycles. The van der Waals surface area contributed by atoms with E-state index in [1.54, 1.807) is 18.3 Å². The van der Waals surface area contributed by atoms with Gasteiger partial charge in [0.25, 0.3) is 0 Å². The topological polar surface area (TPSA) is 12.0 Å². The number of benzene rings is 1. The van der Waals surface area contributed by atoms with E-state index in [0.29, 0.717) is 11.5 Å². The maximum atomic E-state index is 14.3. The summed E-state index contributed by atoms with van der Waals surface area (Å²) in [6.07, 6.45) is 4.63. The van der Waals surface area contributed by atoms with E-state index in [2.05, 4.69) is 5.32 Å². The molecule has 1 fully saturated rings. The van der Waals surface area contributed by atoms with Crippen LogP contribution in [0, 0.1) is 24.5 Å². The molecule has 112 valence electrons. The summed E-state index contributed by atoms with van der Waals surface area (Å²) in [6.45, 7) is 1.66. The molecule has 4 heteroatoms. The summed E-state index contributed by atoms with van der Waals surface area (Å²) >= 11 is 1.65. The lowest BCUT2D eigenvalue weighted by atomic mass is 9.96. The molecule has 0 radical (unpaired) electrons. The number of rotatable bonds is 4. The minimum absolute atomic E-state index is 0.00157. The second kappa shape index (κ2) is 6.14. The van der Waals surface area contributed by atoms with Crippen LogP contribution in [0.2, 0.25) is 0 Å². The number of anilines is 1. The molecule has 0 saturated heterocycles. The summed E-state index contributed by atoms with van der Waals surface area (Å²) < 4.78 is 28.3. The Balaban J connectivity index is 1.93. The van der Waals surface area contributed by atoms with Gasteiger partial charge < -0.3 is 5.32 Å². The number of hydrogen-bond donors (Lipinski definition) is 1. The van der Waals surface area contributed by atoms with Crippen molar-refractivity contribution in [2.45, 2.75) is 38.6 Å². The van der Waals surface area contributed by atoms with Crippen molar-refractivity contribution in [1.82, 2.24) is 0 Å². The predicted molar refractivity (Wildman–Crippen MR) is 83.7 cm³/mol. The summed E-state index contributed by atoms with van der Waals surface area (Å²) in [5.74, 6) is -0.546. The molecule has 1 unspecified atom stereocenters. The average Bonchev–Trinajstić information content (AvgIpc) is 3.16. The smallest absolute Gasteiger partial charge is 0.152 e. The SMILES string of the molecule is Cc1ccc(F)c(NC(c2cccs2)C2CCCC2)c1F. The van der Waals surface area contributed by atoms with Crippen molar-refractivity contribution >= 4 is 17.0 Å². The fraction of sp³-hybridized carbons (Fsp3) is 0.412. The van der Waals surface area contributed by atoms with Gasteiger partial charge in [0.1, 0.15) is 11.5 Å². The van der Waals surface area contributed by atoms with Crippen molar-refractivity contribution in [2.75, 3.05) is 5.32 Å². The molecule has 0 spiro atoms. The molecule has 1 heterocycles. The van der Waals surface area contributed by atoms with Crippen molar-refractivity contribution in [3.05, 3.63) is 51.7 Å². The van der Waals surface area contributed by atoms with E-state index in [4.69, 9.17) is 0 Å². The van der Waals surface area contributed by atoms with Crippen molar-refractivity contribution in [3.8, 4) is 0 Å². The Kier molecular flexibility index (Phi) is 4.24. The van der Waals surface area contributed by atoms with Crippen molar-refractivity contribution in [2.24, 2.45) is 5.92 Å². The summed E-state index contributed by atoms with van der Waals surface area (Å²) in [4.78, 5) is 1.15. The molecule has 1 aromatic heterocycles. The van der Waals surface area contributed by atoms with E-state index in [1.807, 2.05) is 17.5 Å². The molecule has 1 atom stereocenters. The Morgan fingerprint density at radius 3 is 2.62 bits per heavy atom. The molecule has 2 aromatic rings. The van der Waals surface area contributed by atoms with Crippen LogP contribution in [0.1, 0.15) is 42.2 Å². The van der Waals surface area contributed by atoms with E-state index < -0.39 is 11.6 Å². The summed E-state index contributed by atoms with van der Waals surface area (Å²) in [6, 6.07) is 6.85. The minimum atomic E-state index is -0.516. The number of aryl methyl sites for hydroxylation is 1. The second-order valence-corrected chi connectivity index (χ2v) is 6.71. The lowest BCUT2D eigenvalue weighted by Gasteiger charge is -2.25. The van der Waals surface area contributed by atoms with Gasteiger partial charge in [-0.2, -0.15) is 0 Å². The molecule has 1 saturated carbocycles. The van der Waals surface area contributed by atoms with Gasteiger partial charge in [-0.3, -0.25) is 0 Å². The minimum Gasteiger partial charge on any atom is -0.372 e. The first-order chi connectivity index (χ1) is 10.2. The van der Waals surface area contributed by atoms with Crippen LogP contribution in [0.15, 0.2) is 29.6 Å². The van der Waals surface area contributed by atoms with Gasteiger partial charge in [0, 0.05) is 4.88 Å². The third-order valence-electron chi connectivity index (χ3n) is 4.30. The lowest BCUT2D eigenvalue weighted by molar-refractivity contribution is 0.468. The quantitative estimate of drug-likeness (QED) is 0.766. The van der Waals surface area contributed by atoms with Gasteiger partial charge in [-0.05, 0) is 48.8 Å². The lowest BCUT2D eigenvalue weighted by Crippen LogP contribution is -2.19. The Bertz CT molecular complexity index is 604. The Morgan fingerprint density at radius 1 is 1.19 bits per heavy atom. The zero-order valence-corrected chi connectivity index (χ0v) is 12.9. The standard InChI is InChI=1S/C17H19F2NS/c1-11-8-9-13(18)17(15(11)19)20-16(12-5-2-3-6-12)14-7-4-10-21-14/h4,7-10,12,16,20H,2-3,5-6H2,1H3. The molecule has 0 bridgehead atoms. The monoisotopic (exact) mass is 307 g/mol. The highest BCUT2D eigenvalue weighted by Gasteiger charge is 2.28.